The summed E-state index contributed by atoms with van der Waals surface area (Å²) in [4.78, 5) is 0. The lowest BCUT2D eigenvalue weighted by Gasteiger charge is -2.23. The molecule has 1 fully saturated rings. The third kappa shape index (κ3) is 1.47. The lowest BCUT2D eigenvalue weighted by atomic mass is 10.1. The van der Waals surface area contributed by atoms with E-state index in [-0.39, 0.29) is 0 Å². The normalized spacial score (nSPS) is 26.9. The van der Waals surface area contributed by atoms with E-state index in [2.05, 4.69) is 27.0 Å². The molecule has 1 saturated carbocycles. The highest BCUT2D eigenvalue weighted by Gasteiger charge is 2.27. The molecule has 2 aliphatic rings. The maximum atomic E-state index is 4.40. The lowest BCUT2D eigenvalue weighted by molar-refractivity contribution is 0.422. The molecule has 1 atom stereocenters. The molecular formula is C11H18N4. The summed E-state index contributed by atoms with van der Waals surface area (Å²) < 4.78 is 2.34. The van der Waals surface area contributed by atoms with Gasteiger partial charge < -0.3 is 9.88 Å². The van der Waals surface area contributed by atoms with E-state index in [0.29, 0.717) is 12.0 Å². The molecule has 4 heteroatoms. The van der Waals surface area contributed by atoms with Gasteiger partial charge in [-0.15, -0.1) is 10.2 Å². The van der Waals surface area contributed by atoms with E-state index in [1.807, 2.05) is 0 Å². The Bertz CT molecular complexity index is 351. The first-order valence-electron chi connectivity index (χ1n) is 6.02. The molecule has 1 aromatic heterocycles. The smallest absolute Gasteiger partial charge is 0.149 e. The van der Waals surface area contributed by atoms with Crippen molar-refractivity contribution >= 4 is 0 Å². The van der Waals surface area contributed by atoms with Crippen LogP contribution in [0.3, 0.4) is 0 Å². The van der Waals surface area contributed by atoms with Gasteiger partial charge in [-0.05, 0) is 19.8 Å². The highest BCUT2D eigenvalue weighted by molar-refractivity contribution is 5.08. The van der Waals surface area contributed by atoms with E-state index in [1.54, 1.807) is 0 Å². The van der Waals surface area contributed by atoms with E-state index in [9.17, 15) is 0 Å². The molecule has 1 aromatic rings. The van der Waals surface area contributed by atoms with Crippen LogP contribution in [0.25, 0.3) is 0 Å². The zero-order valence-corrected chi connectivity index (χ0v) is 9.24. The van der Waals surface area contributed by atoms with Crippen molar-refractivity contribution < 1.29 is 0 Å². The van der Waals surface area contributed by atoms with Gasteiger partial charge in [0.25, 0.3) is 0 Å². The number of fused-ring (bicyclic) bond motifs is 1. The Morgan fingerprint density at radius 1 is 1.20 bits per heavy atom. The molecule has 0 aromatic carbocycles. The SMILES string of the molecule is C[C@H]1NCCn2c(C3CCCC3)nnc21. The standard InChI is InChI=1S/C11H18N4/c1-8-10-13-14-11(9-4-2-3-5-9)15(10)7-6-12-8/h8-9,12H,2-7H2,1H3/t8-/m1/s1. The van der Waals surface area contributed by atoms with Crippen molar-refractivity contribution in [3.05, 3.63) is 11.6 Å². The van der Waals surface area contributed by atoms with Crippen molar-refractivity contribution in [2.75, 3.05) is 6.54 Å². The Balaban J connectivity index is 1.95. The van der Waals surface area contributed by atoms with Crippen LogP contribution in [0.1, 0.15) is 56.2 Å². The average Bonchev–Trinajstić information content (AvgIpc) is 2.85. The first-order valence-corrected chi connectivity index (χ1v) is 6.02. The Kier molecular flexibility index (Phi) is 2.24. The van der Waals surface area contributed by atoms with Crippen LogP contribution in [0.2, 0.25) is 0 Å². The van der Waals surface area contributed by atoms with Gasteiger partial charge in [0.05, 0.1) is 6.04 Å². The molecule has 0 saturated heterocycles. The maximum Gasteiger partial charge on any atom is 0.149 e. The molecule has 0 amide bonds. The minimum Gasteiger partial charge on any atom is -0.312 e. The summed E-state index contributed by atoms with van der Waals surface area (Å²) in [6, 6.07) is 0.362. The Hall–Kier alpha value is -0.900. The summed E-state index contributed by atoms with van der Waals surface area (Å²) >= 11 is 0. The minimum absolute atomic E-state index is 0.362. The fraction of sp³-hybridized carbons (Fsp3) is 0.818. The predicted octanol–water partition coefficient (Wildman–Crippen LogP) is 1.60. The summed E-state index contributed by atoms with van der Waals surface area (Å²) in [5, 5.41) is 12.2. The minimum atomic E-state index is 0.362. The van der Waals surface area contributed by atoms with Gasteiger partial charge in [-0.3, -0.25) is 0 Å². The largest absolute Gasteiger partial charge is 0.312 e. The molecule has 0 radical (unpaired) electrons. The van der Waals surface area contributed by atoms with Crippen molar-refractivity contribution in [2.24, 2.45) is 0 Å². The first kappa shape index (κ1) is 9.33. The van der Waals surface area contributed by atoms with Crippen molar-refractivity contribution in [2.45, 2.75) is 51.1 Å². The van der Waals surface area contributed by atoms with Gasteiger partial charge in [0.1, 0.15) is 11.6 Å². The highest BCUT2D eigenvalue weighted by atomic mass is 15.3. The quantitative estimate of drug-likeness (QED) is 0.759. The molecule has 82 valence electrons. The summed E-state index contributed by atoms with van der Waals surface area (Å²) in [6.07, 6.45) is 5.33. The molecule has 1 N–H and O–H groups in total. The van der Waals surface area contributed by atoms with Gasteiger partial charge in [0.2, 0.25) is 0 Å². The molecule has 4 nitrogen and oxygen atoms in total. The second-order valence-electron chi connectivity index (χ2n) is 4.73. The molecule has 1 aliphatic carbocycles. The van der Waals surface area contributed by atoms with E-state index < -0.39 is 0 Å². The van der Waals surface area contributed by atoms with Crippen LogP contribution in [0.15, 0.2) is 0 Å². The van der Waals surface area contributed by atoms with Crippen LogP contribution in [-0.2, 0) is 6.54 Å². The van der Waals surface area contributed by atoms with Crippen LogP contribution in [0.4, 0.5) is 0 Å². The number of aromatic nitrogens is 3. The third-order valence-corrected chi connectivity index (χ3v) is 3.70. The fourth-order valence-corrected chi connectivity index (χ4v) is 2.85. The van der Waals surface area contributed by atoms with Crippen molar-refractivity contribution in [1.29, 1.82) is 0 Å². The van der Waals surface area contributed by atoms with Gasteiger partial charge in [-0.1, -0.05) is 12.8 Å². The zero-order valence-electron chi connectivity index (χ0n) is 9.24. The number of hydrogen-bond donors (Lipinski definition) is 1. The van der Waals surface area contributed by atoms with Crippen molar-refractivity contribution in [3.63, 3.8) is 0 Å². The van der Waals surface area contributed by atoms with Crippen LogP contribution >= 0.6 is 0 Å². The molecule has 0 spiro atoms. The van der Waals surface area contributed by atoms with Gasteiger partial charge in [-0.2, -0.15) is 0 Å². The summed E-state index contributed by atoms with van der Waals surface area (Å²) in [6.45, 7) is 4.25. The molecule has 0 bridgehead atoms. The fourth-order valence-electron chi connectivity index (χ4n) is 2.85. The van der Waals surface area contributed by atoms with Gasteiger partial charge in [-0.25, -0.2) is 0 Å². The topological polar surface area (TPSA) is 42.7 Å². The number of nitrogens with zero attached hydrogens (tertiary/aromatic N) is 3. The highest BCUT2D eigenvalue weighted by Crippen LogP contribution is 2.34. The van der Waals surface area contributed by atoms with E-state index >= 15 is 0 Å². The van der Waals surface area contributed by atoms with Crippen molar-refractivity contribution in [1.82, 2.24) is 20.1 Å². The molecule has 0 unspecified atom stereocenters. The number of nitrogens with one attached hydrogen (secondary N) is 1. The number of hydrogen-bond acceptors (Lipinski definition) is 3. The van der Waals surface area contributed by atoms with Crippen molar-refractivity contribution in [3.8, 4) is 0 Å². The van der Waals surface area contributed by atoms with Gasteiger partial charge in [0, 0.05) is 19.0 Å². The van der Waals surface area contributed by atoms with Crippen LogP contribution in [-0.4, -0.2) is 21.3 Å². The molecule has 2 heterocycles. The monoisotopic (exact) mass is 206 g/mol. The third-order valence-electron chi connectivity index (χ3n) is 3.70. The van der Waals surface area contributed by atoms with Gasteiger partial charge in [0.15, 0.2) is 0 Å². The summed E-state index contributed by atoms with van der Waals surface area (Å²) in [5.41, 5.74) is 0. The maximum absolute atomic E-state index is 4.40. The van der Waals surface area contributed by atoms with Gasteiger partial charge >= 0.3 is 0 Å². The Labute approximate surface area is 90.1 Å². The Morgan fingerprint density at radius 2 is 1.93 bits per heavy atom. The van der Waals surface area contributed by atoms with E-state index in [0.717, 1.165) is 18.9 Å². The van der Waals surface area contributed by atoms with Crippen LogP contribution < -0.4 is 5.32 Å². The molecule has 15 heavy (non-hydrogen) atoms. The second-order valence-corrected chi connectivity index (χ2v) is 4.73. The first-order chi connectivity index (χ1) is 7.36. The zero-order chi connectivity index (χ0) is 10.3. The second kappa shape index (κ2) is 3.59. The molecular weight excluding hydrogens is 188 g/mol. The average molecular weight is 206 g/mol. The molecule has 3 rings (SSSR count). The van der Waals surface area contributed by atoms with E-state index in [4.69, 9.17) is 0 Å². The van der Waals surface area contributed by atoms with Crippen LogP contribution in [0, 0.1) is 0 Å². The molecule has 1 aliphatic heterocycles. The summed E-state index contributed by atoms with van der Waals surface area (Å²) in [5.74, 6) is 3.05. The summed E-state index contributed by atoms with van der Waals surface area (Å²) in [7, 11) is 0. The Morgan fingerprint density at radius 3 is 2.73 bits per heavy atom. The van der Waals surface area contributed by atoms with Crippen LogP contribution in [0.5, 0.6) is 0 Å². The number of rotatable bonds is 1. The van der Waals surface area contributed by atoms with E-state index in [1.165, 1.54) is 31.5 Å². The predicted molar refractivity (Wildman–Crippen MR) is 57.6 cm³/mol. The lowest BCUT2D eigenvalue weighted by Crippen LogP contribution is -2.32.